The van der Waals surface area contributed by atoms with Crippen LogP contribution in [-0.4, -0.2) is 39.4 Å². The summed E-state index contributed by atoms with van der Waals surface area (Å²) >= 11 is 6.17. The summed E-state index contributed by atoms with van der Waals surface area (Å²) in [5, 5.41) is 6.49. The number of halogens is 1. The number of nitrogens with one attached hydrogen (secondary N) is 2. The van der Waals surface area contributed by atoms with Gasteiger partial charge in [-0.25, -0.2) is 4.79 Å². The number of hydrogen-bond donors (Lipinski definition) is 2. The minimum atomic E-state index is -0.298. The summed E-state index contributed by atoms with van der Waals surface area (Å²) in [6, 6.07) is 10.9. The third kappa shape index (κ3) is 4.88. The summed E-state index contributed by atoms with van der Waals surface area (Å²) in [5.74, 6) is 0.746. The van der Waals surface area contributed by atoms with Gasteiger partial charge < -0.3 is 25.0 Å². The summed E-state index contributed by atoms with van der Waals surface area (Å²) in [5.41, 5.74) is 3.64. The van der Waals surface area contributed by atoms with E-state index >= 15 is 0 Å². The van der Waals surface area contributed by atoms with Gasteiger partial charge in [0.05, 0.1) is 37.7 Å². The highest BCUT2D eigenvalue weighted by Gasteiger charge is 2.18. The molecular weight excluding hydrogens is 378 g/mol. The van der Waals surface area contributed by atoms with E-state index in [0.717, 1.165) is 35.7 Å². The number of ether oxygens (including phenoxy) is 2. The van der Waals surface area contributed by atoms with E-state index in [1.54, 1.807) is 13.2 Å². The number of amides is 2. The molecule has 1 saturated heterocycles. The van der Waals surface area contributed by atoms with Crippen molar-refractivity contribution in [2.75, 3.05) is 43.6 Å². The standard InChI is InChI=1S/C21H26ClN3O3/c1-14-4-7-20(27-3)17(12-14)15(2)23-21(26)24-18-13-16(22)5-6-19(18)25-8-10-28-11-9-25/h4-7,12-13,15H,8-11H2,1-3H3,(H2,23,24,26). The number of nitrogens with zero attached hydrogens (tertiary/aromatic N) is 1. The first-order valence-electron chi connectivity index (χ1n) is 9.32. The average Bonchev–Trinajstić information content (AvgIpc) is 2.68. The number of anilines is 2. The number of aryl methyl sites for hydroxylation is 1. The van der Waals surface area contributed by atoms with Crippen LogP contribution in [-0.2, 0) is 4.74 Å². The van der Waals surface area contributed by atoms with Gasteiger partial charge in [0.25, 0.3) is 0 Å². The highest BCUT2D eigenvalue weighted by molar-refractivity contribution is 6.31. The Bertz CT molecular complexity index is 838. The fourth-order valence-electron chi connectivity index (χ4n) is 3.31. The molecule has 7 heteroatoms. The van der Waals surface area contributed by atoms with Crippen LogP contribution in [0.3, 0.4) is 0 Å². The normalized spacial score (nSPS) is 15.1. The van der Waals surface area contributed by atoms with Gasteiger partial charge >= 0.3 is 6.03 Å². The predicted molar refractivity (Wildman–Crippen MR) is 113 cm³/mol. The first-order chi connectivity index (χ1) is 13.5. The van der Waals surface area contributed by atoms with Gasteiger partial charge in [-0.15, -0.1) is 0 Å². The van der Waals surface area contributed by atoms with Crippen LogP contribution in [0.1, 0.15) is 24.1 Å². The molecule has 3 rings (SSSR count). The second-order valence-electron chi connectivity index (χ2n) is 6.83. The summed E-state index contributed by atoms with van der Waals surface area (Å²) < 4.78 is 10.8. The van der Waals surface area contributed by atoms with Crippen LogP contribution in [0, 0.1) is 6.92 Å². The highest BCUT2D eigenvalue weighted by atomic mass is 35.5. The van der Waals surface area contributed by atoms with Crippen molar-refractivity contribution in [2.24, 2.45) is 0 Å². The van der Waals surface area contributed by atoms with Crippen molar-refractivity contribution in [3.8, 4) is 5.75 Å². The van der Waals surface area contributed by atoms with Gasteiger partial charge in [-0.1, -0.05) is 29.3 Å². The second-order valence-corrected chi connectivity index (χ2v) is 7.26. The van der Waals surface area contributed by atoms with Crippen molar-refractivity contribution in [3.05, 3.63) is 52.5 Å². The Kier molecular flexibility index (Phi) is 6.65. The Hall–Kier alpha value is -2.44. The Morgan fingerprint density at radius 2 is 1.96 bits per heavy atom. The van der Waals surface area contributed by atoms with Crippen LogP contribution in [0.4, 0.5) is 16.2 Å². The van der Waals surface area contributed by atoms with Crippen LogP contribution in [0.5, 0.6) is 5.75 Å². The molecule has 0 bridgehead atoms. The maximum Gasteiger partial charge on any atom is 0.319 e. The molecule has 1 aliphatic heterocycles. The molecule has 0 aliphatic carbocycles. The third-order valence-corrected chi connectivity index (χ3v) is 4.99. The number of morpholine rings is 1. The van der Waals surface area contributed by atoms with E-state index in [1.165, 1.54) is 0 Å². The largest absolute Gasteiger partial charge is 0.496 e. The summed E-state index contributed by atoms with van der Waals surface area (Å²) in [6.07, 6.45) is 0. The Morgan fingerprint density at radius 3 is 2.68 bits per heavy atom. The number of hydrogen-bond acceptors (Lipinski definition) is 4. The molecule has 1 fully saturated rings. The van der Waals surface area contributed by atoms with E-state index < -0.39 is 0 Å². The molecule has 2 aromatic carbocycles. The Labute approximate surface area is 170 Å². The number of methoxy groups -OCH3 is 1. The quantitative estimate of drug-likeness (QED) is 0.777. The van der Waals surface area contributed by atoms with Crippen LogP contribution in [0.15, 0.2) is 36.4 Å². The van der Waals surface area contributed by atoms with Crippen molar-refractivity contribution < 1.29 is 14.3 Å². The molecule has 28 heavy (non-hydrogen) atoms. The number of urea groups is 1. The monoisotopic (exact) mass is 403 g/mol. The third-order valence-electron chi connectivity index (χ3n) is 4.76. The predicted octanol–water partition coefficient (Wildman–Crippen LogP) is 4.38. The van der Waals surface area contributed by atoms with Crippen LogP contribution in [0.2, 0.25) is 5.02 Å². The van der Waals surface area contributed by atoms with E-state index in [4.69, 9.17) is 21.1 Å². The average molecular weight is 404 g/mol. The Balaban J connectivity index is 1.74. The van der Waals surface area contributed by atoms with E-state index in [1.807, 2.05) is 44.2 Å². The van der Waals surface area contributed by atoms with Crippen LogP contribution >= 0.6 is 11.6 Å². The van der Waals surface area contributed by atoms with Gasteiger partial charge in [-0.2, -0.15) is 0 Å². The van der Waals surface area contributed by atoms with Crippen molar-refractivity contribution in [3.63, 3.8) is 0 Å². The summed E-state index contributed by atoms with van der Waals surface area (Å²) in [6.45, 7) is 6.81. The molecule has 1 unspecified atom stereocenters. The molecule has 2 N–H and O–H groups in total. The number of rotatable bonds is 5. The molecule has 0 spiro atoms. The molecule has 0 aromatic heterocycles. The van der Waals surface area contributed by atoms with Gasteiger partial charge in [0.1, 0.15) is 5.75 Å². The zero-order valence-electron chi connectivity index (χ0n) is 16.4. The van der Waals surface area contributed by atoms with Gasteiger partial charge in [0.2, 0.25) is 0 Å². The number of benzene rings is 2. The lowest BCUT2D eigenvalue weighted by atomic mass is 10.0. The van der Waals surface area contributed by atoms with Crippen molar-refractivity contribution in [1.82, 2.24) is 5.32 Å². The van der Waals surface area contributed by atoms with Crippen molar-refractivity contribution in [1.29, 1.82) is 0 Å². The smallest absolute Gasteiger partial charge is 0.319 e. The lowest BCUT2D eigenvalue weighted by Gasteiger charge is -2.30. The second kappa shape index (κ2) is 9.17. The van der Waals surface area contributed by atoms with Crippen molar-refractivity contribution in [2.45, 2.75) is 19.9 Å². The molecule has 1 heterocycles. The maximum absolute atomic E-state index is 12.7. The molecule has 1 atom stereocenters. The molecule has 2 aromatic rings. The van der Waals surface area contributed by atoms with E-state index in [9.17, 15) is 4.79 Å². The van der Waals surface area contributed by atoms with Crippen molar-refractivity contribution >= 4 is 29.0 Å². The van der Waals surface area contributed by atoms with Crippen LogP contribution in [0.25, 0.3) is 0 Å². The molecule has 0 saturated carbocycles. The fraction of sp³-hybridized carbons (Fsp3) is 0.381. The highest BCUT2D eigenvalue weighted by Crippen LogP contribution is 2.30. The SMILES string of the molecule is COc1ccc(C)cc1C(C)NC(=O)Nc1cc(Cl)ccc1N1CCOCC1. The minimum absolute atomic E-state index is 0.221. The fourth-order valence-corrected chi connectivity index (χ4v) is 3.49. The zero-order valence-corrected chi connectivity index (χ0v) is 17.2. The first kappa shape index (κ1) is 20.3. The number of carbonyl (C=O) groups excluding carboxylic acids is 1. The molecule has 0 radical (unpaired) electrons. The van der Waals surface area contributed by atoms with E-state index in [-0.39, 0.29) is 12.1 Å². The molecule has 6 nitrogen and oxygen atoms in total. The minimum Gasteiger partial charge on any atom is -0.496 e. The summed E-state index contributed by atoms with van der Waals surface area (Å²) in [7, 11) is 1.63. The molecule has 150 valence electrons. The lowest BCUT2D eigenvalue weighted by Crippen LogP contribution is -2.37. The molecule has 2 amide bonds. The van der Waals surface area contributed by atoms with E-state index in [0.29, 0.717) is 23.9 Å². The van der Waals surface area contributed by atoms with Gasteiger partial charge in [0.15, 0.2) is 0 Å². The lowest BCUT2D eigenvalue weighted by molar-refractivity contribution is 0.123. The summed E-state index contributed by atoms with van der Waals surface area (Å²) in [4.78, 5) is 14.9. The number of carbonyl (C=O) groups is 1. The topological polar surface area (TPSA) is 62.8 Å². The van der Waals surface area contributed by atoms with Crippen LogP contribution < -0.4 is 20.3 Å². The molecule has 1 aliphatic rings. The maximum atomic E-state index is 12.7. The molecular formula is C21H26ClN3O3. The zero-order chi connectivity index (χ0) is 20.1. The first-order valence-corrected chi connectivity index (χ1v) is 9.70. The van der Waals surface area contributed by atoms with Gasteiger partial charge in [-0.3, -0.25) is 0 Å². The Morgan fingerprint density at radius 1 is 1.21 bits per heavy atom. The van der Waals surface area contributed by atoms with E-state index in [2.05, 4.69) is 15.5 Å². The van der Waals surface area contributed by atoms with Gasteiger partial charge in [-0.05, 0) is 38.1 Å². The van der Waals surface area contributed by atoms with Gasteiger partial charge in [0, 0.05) is 23.7 Å².